The maximum Gasteiger partial charge on any atom is 0.483 e. The Balaban J connectivity index is 1.65. The molecule has 0 aliphatic carbocycles. The smallest absolute Gasteiger partial charge is 0.394 e. The summed E-state index contributed by atoms with van der Waals surface area (Å²) in [5, 5.41) is 52.5. The molecule has 2 aliphatic rings. The first-order valence-electron chi connectivity index (χ1n) is 10.4. The van der Waals surface area contributed by atoms with Crippen LogP contribution in [0.4, 0.5) is 0 Å². The zero-order valence-electron chi connectivity index (χ0n) is 18.8. The average molecular weight is 591 g/mol. The van der Waals surface area contributed by atoms with E-state index in [2.05, 4.69) is 23.4 Å². The van der Waals surface area contributed by atoms with E-state index < -0.39 is 95.3 Å². The van der Waals surface area contributed by atoms with Crippen molar-refractivity contribution in [3.8, 4) is 0 Å². The fourth-order valence-corrected chi connectivity index (χ4v) is 5.69. The second kappa shape index (κ2) is 12.0. The molecule has 1 aromatic rings. The number of aliphatic hydroxyl groups is 5. The van der Waals surface area contributed by atoms with Crippen LogP contribution in [0, 0.1) is 0 Å². The van der Waals surface area contributed by atoms with Crippen molar-refractivity contribution in [1.82, 2.24) is 9.55 Å². The lowest BCUT2D eigenvalue weighted by Crippen LogP contribution is -2.58. The molecule has 0 radical (unpaired) electrons. The van der Waals surface area contributed by atoms with Crippen LogP contribution >= 0.6 is 15.6 Å². The largest absolute Gasteiger partial charge is 0.483 e. The quantitative estimate of drug-likeness (QED) is 0.0567. The fraction of sp³-hybridized carbons (Fsp3) is 0.733. The highest BCUT2D eigenvalue weighted by Gasteiger charge is 2.49. The van der Waals surface area contributed by atoms with Crippen LogP contribution in [0.25, 0.3) is 10.4 Å². The van der Waals surface area contributed by atoms with Crippen molar-refractivity contribution in [3.05, 3.63) is 43.5 Å². The second-order valence-electron chi connectivity index (χ2n) is 7.89. The first-order valence-corrected chi connectivity index (χ1v) is 13.4. The Morgan fingerprint density at radius 2 is 1.71 bits per heavy atom. The van der Waals surface area contributed by atoms with Gasteiger partial charge in [-0.3, -0.25) is 23.4 Å². The molecule has 2 aliphatic heterocycles. The van der Waals surface area contributed by atoms with Crippen LogP contribution in [0.2, 0.25) is 0 Å². The van der Waals surface area contributed by atoms with Gasteiger partial charge in [-0.2, -0.15) is 4.31 Å². The number of rotatable bonds is 10. The predicted molar refractivity (Wildman–Crippen MR) is 116 cm³/mol. The number of hydrogen-bond donors (Lipinski definition) is 8. The number of aromatic nitrogens is 2. The molecule has 214 valence electrons. The van der Waals surface area contributed by atoms with Crippen LogP contribution in [-0.2, 0) is 32.0 Å². The first-order chi connectivity index (χ1) is 17.7. The number of aliphatic hydroxyl groups excluding tert-OH is 5. The number of azide groups is 1. The molecule has 8 N–H and O–H groups in total. The van der Waals surface area contributed by atoms with Gasteiger partial charge in [0.25, 0.3) is 5.56 Å². The van der Waals surface area contributed by atoms with Crippen LogP contribution in [0.3, 0.4) is 0 Å². The van der Waals surface area contributed by atoms with Crippen LogP contribution < -0.4 is 11.2 Å². The fourth-order valence-electron chi connectivity index (χ4n) is 3.53. The highest BCUT2D eigenvalue weighted by molar-refractivity contribution is 7.61. The van der Waals surface area contributed by atoms with Crippen LogP contribution in [-0.4, -0.2) is 107 Å². The Morgan fingerprint density at radius 1 is 1.05 bits per heavy atom. The zero-order valence-corrected chi connectivity index (χ0v) is 20.5. The number of nitrogens with zero attached hydrogens (tertiary/aromatic N) is 4. The number of phosphoric ester groups is 2. The highest BCUT2D eigenvalue weighted by atomic mass is 31.3. The Kier molecular flexibility index (Phi) is 9.64. The summed E-state index contributed by atoms with van der Waals surface area (Å²) in [4.78, 5) is 47.2. The molecule has 0 saturated carbocycles. The van der Waals surface area contributed by atoms with Gasteiger partial charge < -0.3 is 44.8 Å². The monoisotopic (exact) mass is 591 g/mol. The van der Waals surface area contributed by atoms with Crippen LogP contribution in [0.15, 0.2) is 27.0 Å². The summed E-state index contributed by atoms with van der Waals surface area (Å²) in [5.74, 6) is 0. The van der Waals surface area contributed by atoms with E-state index in [0.717, 1.165) is 16.8 Å². The van der Waals surface area contributed by atoms with E-state index in [1.807, 2.05) is 4.98 Å². The lowest BCUT2D eigenvalue weighted by atomic mass is 9.98. The number of nitrogens with one attached hydrogen (secondary N) is 1. The summed E-state index contributed by atoms with van der Waals surface area (Å²) in [7, 11) is -11.2. The van der Waals surface area contributed by atoms with Crippen molar-refractivity contribution in [3.63, 3.8) is 0 Å². The van der Waals surface area contributed by atoms with E-state index in [4.69, 9.17) is 15.0 Å². The van der Waals surface area contributed by atoms with Crippen molar-refractivity contribution in [2.75, 3.05) is 13.2 Å². The average Bonchev–Trinajstić information content (AvgIpc) is 3.10. The molecule has 0 spiro atoms. The van der Waals surface area contributed by atoms with Gasteiger partial charge in [0.2, 0.25) is 0 Å². The molecule has 0 aromatic carbocycles. The minimum Gasteiger partial charge on any atom is -0.394 e. The van der Waals surface area contributed by atoms with Gasteiger partial charge in [0.05, 0.1) is 19.3 Å². The zero-order chi connectivity index (χ0) is 28.4. The van der Waals surface area contributed by atoms with Gasteiger partial charge >= 0.3 is 21.3 Å². The molecule has 2 saturated heterocycles. The molecule has 2 unspecified atom stereocenters. The first kappa shape index (κ1) is 30.5. The summed E-state index contributed by atoms with van der Waals surface area (Å²) in [6.45, 7) is -1.96. The molecule has 11 atom stereocenters. The summed E-state index contributed by atoms with van der Waals surface area (Å²) >= 11 is 0. The Bertz CT molecular complexity index is 1250. The predicted octanol–water partition coefficient (Wildman–Crippen LogP) is -3.48. The lowest BCUT2D eigenvalue weighted by molar-refractivity contribution is -0.242. The van der Waals surface area contributed by atoms with E-state index in [0.29, 0.717) is 0 Å². The topological polar surface area (TPSA) is 326 Å². The number of hydrogen-bond acceptors (Lipinski definition) is 15. The molecule has 21 nitrogen and oxygen atoms in total. The second-order valence-corrected chi connectivity index (χ2v) is 10.9. The van der Waals surface area contributed by atoms with Gasteiger partial charge in [0, 0.05) is 17.2 Å². The molecular weight excluding hydrogens is 568 g/mol. The van der Waals surface area contributed by atoms with Crippen molar-refractivity contribution >= 4 is 15.6 Å². The molecule has 38 heavy (non-hydrogen) atoms. The Hall–Kier alpha value is -2.03. The molecule has 1 aromatic heterocycles. The van der Waals surface area contributed by atoms with Crippen molar-refractivity contribution in [2.45, 2.75) is 55.2 Å². The molecule has 2 fully saturated rings. The van der Waals surface area contributed by atoms with Gasteiger partial charge in [0.15, 0.2) is 12.5 Å². The lowest BCUT2D eigenvalue weighted by Gasteiger charge is -2.40. The highest BCUT2D eigenvalue weighted by Crippen LogP contribution is 2.61. The Morgan fingerprint density at radius 3 is 2.32 bits per heavy atom. The normalized spacial score (nSPS) is 36.7. The van der Waals surface area contributed by atoms with Gasteiger partial charge in [-0.1, -0.05) is 5.11 Å². The van der Waals surface area contributed by atoms with Crippen LogP contribution in [0.1, 0.15) is 6.23 Å². The van der Waals surface area contributed by atoms with E-state index in [1.165, 1.54) is 0 Å². The van der Waals surface area contributed by atoms with E-state index in [-0.39, 0.29) is 0 Å². The van der Waals surface area contributed by atoms with Crippen molar-refractivity contribution in [1.29, 1.82) is 0 Å². The molecule has 0 amide bonds. The third kappa shape index (κ3) is 6.93. The molecular formula is C15H23N5O16P2. The van der Waals surface area contributed by atoms with Gasteiger partial charge in [-0.05, 0) is 5.53 Å². The van der Waals surface area contributed by atoms with E-state index in [9.17, 15) is 54.0 Å². The minimum atomic E-state index is -5.64. The van der Waals surface area contributed by atoms with Gasteiger partial charge in [-0.25, -0.2) is 13.9 Å². The molecule has 3 rings (SSSR count). The number of phosphoric acid groups is 2. The standard InChI is InChI=1S/C15H23N5O16P2/c16-19-18-8-11(25)9(23)5(3-21)34-14(8)35-38(30,31)36-37(28,29)32-4-6-10(24)12(26)13(33-6)20-2-1-7(22)17-15(20)27/h1-2,5-6,8-14,21,23-26H,3-4H2,(H,28,29)(H,30,31)(H,17,22,27)/t5-,6-,8-,9-,10-,11-,12-,13-,14-/m1/s1. The molecule has 0 bridgehead atoms. The number of aromatic amines is 1. The molecule has 3 heterocycles. The van der Waals surface area contributed by atoms with Crippen molar-refractivity contribution < 1.29 is 67.3 Å². The number of ether oxygens (including phenoxy) is 2. The summed E-state index contributed by atoms with van der Waals surface area (Å²) in [6.07, 6.45) is -13.2. The minimum absolute atomic E-state index is 0.718. The van der Waals surface area contributed by atoms with Gasteiger partial charge in [0.1, 0.15) is 36.6 Å². The van der Waals surface area contributed by atoms with Crippen molar-refractivity contribution in [2.24, 2.45) is 5.11 Å². The van der Waals surface area contributed by atoms with Crippen LogP contribution in [0.5, 0.6) is 0 Å². The van der Waals surface area contributed by atoms with Gasteiger partial charge in [-0.15, -0.1) is 0 Å². The third-order valence-electron chi connectivity index (χ3n) is 5.34. The Labute approximate surface area is 210 Å². The third-order valence-corrected chi connectivity index (χ3v) is 7.94. The number of H-pyrrole nitrogens is 1. The van der Waals surface area contributed by atoms with E-state index in [1.54, 1.807) is 0 Å². The summed E-state index contributed by atoms with van der Waals surface area (Å²) in [6, 6.07) is -0.939. The maximum atomic E-state index is 12.3. The molecule has 23 heteroatoms. The summed E-state index contributed by atoms with van der Waals surface area (Å²) < 4.78 is 48.7. The maximum absolute atomic E-state index is 12.3. The SMILES string of the molecule is [N-]=[N+]=N[C@H]1[C@@H](OP(=O)(O)OP(=O)(O)OC[C@H]2O[C@@H](n3ccc(=O)[nH]c3=O)[C@H](O)[C@@H]2O)O[C@H](CO)[C@@H](O)[C@@H]1O. The van der Waals surface area contributed by atoms with E-state index >= 15 is 0 Å². The summed E-state index contributed by atoms with van der Waals surface area (Å²) in [5.41, 5.74) is 6.87.